The van der Waals surface area contributed by atoms with Gasteiger partial charge >= 0.3 is 0 Å². The SMILES string of the molecule is CCN(C)C(=O)C(C)NC1CCCc2cccnc21. The number of aromatic nitrogens is 1. The van der Waals surface area contributed by atoms with Crippen LogP contribution in [0.15, 0.2) is 18.3 Å². The van der Waals surface area contributed by atoms with Crippen LogP contribution in [0.25, 0.3) is 0 Å². The number of hydrogen-bond acceptors (Lipinski definition) is 3. The van der Waals surface area contributed by atoms with Crippen molar-refractivity contribution >= 4 is 5.91 Å². The number of fused-ring (bicyclic) bond motifs is 1. The average molecular weight is 261 g/mol. The van der Waals surface area contributed by atoms with Gasteiger partial charge in [0.2, 0.25) is 5.91 Å². The number of carbonyl (C=O) groups excluding carboxylic acids is 1. The number of nitrogens with zero attached hydrogens (tertiary/aromatic N) is 2. The van der Waals surface area contributed by atoms with Crippen molar-refractivity contribution < 1.29 is 4.79 Å². The quantitative estimate of drug-likeness (QED) is 0.900. The van der Waals surface area contributed by atoms with Gasteiger partial charge in [0.25, 0.3) is 0 Å². The molecule has 4 heteroatoms. The third-order valence-corrected chi connectivity index (χ3v) is 3.87. The Bertz CT molecular complexity index is 447. The highest BCUT2D eigenvalue weighted by atomic mass is 16.2. The Morgan fingerprint density at radius 2 is 2.42 bits per heavy atom. The van der Waals surface area contributed by atoms with Gasteiger partial charge in [-0.2, -0.15) is 0 Å². The van der Waals surface area contributed by atoms with Crippen LogP contribution in [-0.2, 0) is 11.2 Å². The van der Waals surface area contributed by atoms with Gasteiger partial charge in [0.05, 0.1) is 17.8 Å². The van der Waals surface area contributed by atoms with Crippen molar-refractivity contribution in [2.45, 2.75) is 45.2 Å². The predicted octanol–water partition coefficient (Wildman–Crippen LogP) is 1.92. The summed E-state index contributed by atoms with van der Waals surface area (Å²) in [5.41, 5.74) is 2.43. The summed E-state index contributed by atoms with van der Waals surface area (Å²) >= 11 is 0. The number of hydrogen-bond donors (Lipinski definition) is 1. The third-order valence-electron chi connectivity index (χ3n) is 3.87. The molecule has 0 spiro atoms. The van der Waals surface area contributed by atoms with Gasteiger partial charge in [-0.25, -0.2) is 0 Å². The lowest BCUT2D eigenvalue weighted by atomic mass is 9.91. The fourth-order valence-corrected chi connectivity index (χ4v) is 2.63. The van der Waals surface area contributed by atoms with E-state index in [2.05, 4.69) is 16.4 Å². The minimum absolute atomic E-state index is 0.144. The number of rotatable bonds is 4. The lowest BCUT2D eigenvalue weighted by Crippen LogP contribution is -2.45. The Morgan fingerprint density at radius 3 is 3.16 bits per heavy atom. The maximum absolute atomic E-state index is 12.1. The van der Waals surface area contributed by atoms with Crippen LogP contribution in [0.1, 0.15) is 44.0 Å². The van der Waals surface area contributed by atoms with Crippen molar-refractivity contribution in [2.75, 3.05) is 13.6 Å². The van der Waals surface area contributed by atoms with Crippen LogP contribution in [0.3, 0.4) is 0 Å². The molecule has 2 atom stereocenters. The average Bonchev–Trinajstić information content (AvgIpc) is 2.46. The summed E-state index contributed by atoms with van der Waals surface area (Å²) in [6, 6.07) is 4.17. The van der Waals surface area contributed by atoms with Gasteiger partial charge in [-0.15, -0.1) is 0 Å². The van der Waals surface area contributed by atoms with E-state index < -0.39 is 0 Å². The van der Waals surface area contributed by atoms with Crippen molar-refractivity contribution in [1.82, 2.24) is 15.2 Å². The number of nitrogens with one attached hydrogen (secondary N) is 1. The molecule has 1 N–H and O–H groups in total. The van der Waals surface area contributed by atoms with Gasteiger partial charge < -0.3 is 4.90 Å². The van der Waals surface area contributed by atoms with E-state index >= 15 is 0 Å². The predicted molar refractivity (Wildman–Crippen MR) is 75.8 cm³/mol. The summed E-state index contributed by atoms with van der Waals surface area (Å²) in [5.74, 6) is 0.144. The molecule has 19 heavy (non-hydrogen) atoms. The Balaban J connectivity index is 2.06. The second-order valence-corrected chi connectivity index (χ2v) is 5.23. The van der Waals surface area contributed by atoms with Crippen LogP contribution in [-0.4, -0.2) is 35.4 Å². The van der Waals surface area contributed by atoms with Gasteiger partial charge in [0.1, 0.15) is 0 Å². The van der Waals surface area contributed by atoms with Crippen LogP contribution < -0.4 is 5.32 Å². The fraction of sp³-hybridized carbons (Fsp3) is 0.600. The van der Waals surface area contributed by atoms with Crippen LogP contribution in [0.5, 0.6) is 0 Å². The zero-order valence-electron chi connectivity index (χ0n) is 12.0. The highest BCUT2D eigenvalue weighted by Crippen LogP contribution is 2.28. The van der Waals surface area contributed by atoms with E-state index in [1.54, 1.807) is 4.90 Å². The lowest BCUT2D eigenvalue weighted by Gasteiger charge is -2.29. The smallest absolute Gasteiger partial charge is 0.239 e. The second kappa shape index (κ2) is 6.15. The van der Waals surface area contributed by atoms with E-state index in [4.69, 9.17) is 0 Å². The molecule has 0 radical (unpaired) electrons. The Hall–Kier alpha value is -1.42. The summed E-state index contributed by atoms with van der Waals surface area (Å²) in [6.07, 6.45) is 5.14. The molecule has 2 rings (SSSR count). The van der Waals surface area contributed by atoms with Crippen molar-refractivity contribution in [3.63, 3.8) is 0 Å². The van der Waals surface area contributed by atoms with Crippen molar-refractivity contribution in [3.8, 4) is 0 Å². The van der Waals surface area contributed by atoms with Gasteiger partial charge in [0.15, 0.2) is 0 Å². The van der Waals surface area contributed by atoms with E-state index in [9.17, 15) is 4.79 Å². The summed E-state index contributed by atoms with van der Waals surface area (Å²) < 4.78 is 0. The summed E-state index contributed by atoms with van der Waals surface area (Å²) in [4.78, 5) is 18.3. The Kier molecular flexibility index (Phi) is 4.53. The maximum Gasteiger partial charge on any atom is 0.239 e. The van der Waals surface area contributed by atoms with E-state index in [-0.39, 0.29) is 18.0 Å². The summed E-state index contributed by atoms with van der Waals surface area (Å²) in [5, 5.41) is 3.44. The number of pyridine rings is 1. The van der Waals surface area contributed by atoms with E-state index in [1.807, 2.05) is 33.2 Å². The van der Waals surface area contributed by atoms with Crippen LogP contribution >= 0.6 is 0 Å². The van der Waals surface area contributed by atoms with Crippen molar-refractivity contribution in [1.29, 1.82) is 0 Å². The Morgan fingerprint density at radius 1 is 1.63 bits per heavy atom. The van der Waals surface area contributed by atoms with E-state index in [0.717, 1.165) is 31.5 Å². The molecule has 1 aliphatic rings. The molecule has 2 unspecified atom stereocenters. The molecule has 0 aromatic carbocycles. The first-order valence-corrected chi connectivity index (χ1v) is 7.08. The third kappa shape index (κ3) is 3.13. The molecule has 0 saturated heterocycles. The number of carbonyl (C=O) groups is 1. The minimum Gasteiger partial charge on any atom is -0.345 e. The monoisotopic (exact) mass is 261 g/mol. The van der Waals surface area contributed by atoms with Gasteiger partial charge in [0, 0.05) is 19.8 Å². The van der Waals surface area contributed by atoms with Gasteiger partial charge in [-0.05, 0) is 44.7 Å². The molecule has 0 fully saturated rings. The van der Waals surface area contributed by atoms with Crippen molar-refractivity contribution in [2.24, 2.45) is 0 Å². The highest BCUT2D eigenvalue weighted by molar-refractivity contribution is 5.81. The molecule has 104 valence electrons. The number of aryl methyl sites for hydroxylation is 1. The maximum atomic E-state index is 12.1. The standard InChI is InChI=1S/C15H23N3O/c1-4-18(3)15(19)11(2)17-13-9-5-7-12-8-6-10-16-14(12)13/h6,8,10-11,13,17H,4-5,7,9H2,1-3H3. The van der Waals surface area contributed by atoms with Gasteiger partial charge in [-0.3, -0.25) is 15.1 Å². The zero-order valence-corrected chi connectivity index (χ0v) is 12.0. The molecule has 4 nitrogen and oxygen atoms in total. The number of amides is 1. The topological polar surface area (TPSA) is 45.2 Å². The molecule has 0 bridgehead atoms. The first kappa shape index (κ1) is 14.0. The molecule has 1 aromatic rings. The number of likely N-dealkylation sites (N-methyl/N-ethyl adjacent to an activating group) is 1. The molecule has 1 aliphatic carbocycles. The van der Waals surface area contributed by atoms with Crippen LogP contribution in [0.2, 0.25) is 0 Å². The first-order chi connectivity index (χ1) is 9.13. The molecule has 1 aromatic heterocycles. The van der Waals surface area contributed by atoms with Crippen molar-refractivity contribution in [3.05, 3.63) is 29.6 Å². The molecule has 0 aliphatic heterocycles. The van der Waals surface area contributed by atoms with Crippen LogP contribution in [0, 0.1) is 0 Å². The first-order valence-electron chi connectivity index (χ1n) is 7.08. The highest BCUT2D eigenvalue weighted by Gasteiger charge is 2.25. The van der Waals surface area contributed by atoms with E-state index in [1.165, 1.54) is 5.56 Å². The minimum atomic E-state index is -0.164. The molecular formula is C15H23N3O. The van der Waals surface area contributed by atoms with Crippen LogP contribution in [0.4, 0.5) is 0 Å². The molecule has 1 amide bonds. The fourth-order valence-electron chi connectivity index (χ4n) is 2.63. The Labute approximate surface area is 115 Å². The second-order valence-electron chi connectivity index (χ2n) is 5.23. The largest absolute Gasteiger partial charge is 0.345 e. The lowest BCUT2D eigenvalue weighted by molar-refractivity contribution is -0.131. The molecule has 1 heterocycles. The zero-order chi connectivity index (χ0) is 13.8. The summed E-state index contributed by atoms with van der Waals surface area (Å²) in [6.45, 7) is 4.66. The molecular weight excluding hydrogens is 238 g/mol. The van der Waals surface area contributed by atoms with Gasteiger partial charge in [-0.1, -0.05) is 6.07 Å². The molecule has 0 saturated carbocycles. The normalized spacial score (nSPS) is 19.6. The summed E-state index contributed by atoms with van der Waals surface area (Å²) in [7, 11) is 1.84. The van der Waals surface area contributed by atoms with E-state index in [0.29, 0.717) is 0 Å².